The van der Waals surface area contributed by atoms with Gasteiger partial charge in [-0.2, -0.15) is 4.31 Å². The SMILES string of the molecule is Cc1ccc(N2C(=O)N(CC(=O)N3CCC[C@@H](C)C3)c3ccccc3S2(=O)=O)cc1C. The minimum Gasteiger partial charge on any atom is -0.341 e. The summed E-state index contributed by atoms with van der Waals surface area (Å²) >= 11 is 0. The quantitative estimate of drug-likeness (QED) is 0.728. The number of fused-ring (bicyclic) bond motifs is 1. The zero-order chi connectivity index (χ0) is 22.3. The van der Waals surface area contributed by atoms with E-state index < -0.39 is 16.1 Å². The first-order chi connectivity index (χ1) is 14.7. The van der Waals surface area contributed by atoms with Crippen molar-refractivity contribution in [2.75, 3.05) is 28.8 Å². The Morgan fingerprint density at radius 2 is 1.84 bits per heavy atom. The van der Waals surface area contributed by atoms with Gasteiger partial charge in [-0.3, -0.25) is 9.69 Å². The standard InChI is InChI=1S/C23H27N3O4S/c1-16-7-6-12-24(14-16)22(27)15-25-20-8-4-5-9-21(20)31(29,30)26(23(25)28)19-11-10-17(2)18(3)13-19/h4-5,8-11,13,16H,6-7,12,14-15H2,1-3H3/t16-/m1/s1. The number of anilines is 2. The third-order valence-corrected chi connectivity index (χ3v) is 7.86. The highest BCUT2D eigenvalue weighted by Crippen LogP contribution is 2.37. The molecule has 2 aromatic rings. The van der Waals surface area contributed by atoms with Crippen LogP contribution in [0.5, 0.6) is 0 Å². The van der Waals surface area contributed by atoms with E-state index in [4.69, 9.17) is 0 Å². The average molecular weight is 442 g/mol. The number of likely N-dealkylation sites (tertiary alicyclic amines) is 1. The molecule has 1 atom stereocenters. The first-order valence-electron chi connectivity index (χ1n) is 10.5. The Kier molecular flexibility index (Phi) is 5.51. The minimum absolute atomic E-state index is 0.0210. The van der Waals surface area contributed by atoms with Gasteiger partial charge < -0.3 is 4.90 Å². The second-order valence-electron chi connectivity index (χ2n) is 8.46. The van der Waals surface area contributed by atoms with Crippen LogP contribution in [0.3, 0.4) is 0 Å². The Morgan fingerprint density at radius 3 is 2.55 bits per heavy atom. The van der Waals surface area contributed by atoms with Gasteiger partial charge in [0.15, 0.2) is 0 Å². The fourth-order valence-corrected chi connectivity index (χ4v) is 5.80. The van der Waals surface area contributed by atoms with E-state index in [1.165, 1.54) is 11.0 Å². The van der Waals surface area contributed by atoms with Crippen molar-refractivity contribution in [1.29, 1.82) is 0 Å². The van der Waals surface area contributed by atoms with E-state index in [1.807, 2.05) is 13.8 Å². The summed E-state index contributed by atoms with van der Waals surface area (Å²) in [6.07, 6.45) is 2.01. The van der Waals surface area contributed by atoms with Gasteiger partial charge in [-0.05, 0) is 68.0 Å². The molecule has 0 saturated carbocycles. The van der Waals surface area contributed by atoms with Gasteiger partial charge in [0.05, 0.1) is 11.4 Å². The van der Waals surface area contributed by atoms with Crippen LogP contribution in [0, 0.1) is 19.8 Å². The van der Waals surface area contributed by atoms with Crippen LogP contribution in [-0.2, 0) is 14.8 Å². The molecule has 1 fully saturated rings. The lowest BCUT2D eigenvalue weighted by Crippen LogP contribution is -2.54. The van der Waals surface area contributed by atoms with E-state index >= 15 is 0 Å². The Hall–Kier alpha value is -2.87. The number of para-hydroxylation sites is 1. The van der Waals surface area contributed by atoms with Crippen LogP contribution in [-0.4, -0.2) is 44.9 Å². The van der Waals surface area contributed by atoms with E-state index in [0.717, 1.165) is 28.3 Å². The molecule has 31 heavy (non-hydrogen) atoms. The summed E-state index contributed by atoms with van der Waals surface area (Å²) < 4.78 is 27.6. The van der Waals surface area contributed by atoms with Crippen LogP contribution >= 0.6 is 0 Å². The fraction of sp³-hybridized carbons (Fsp3) is 0.391. The van der Waals surface area contributed by atoms with Crippen molar-refractivity contribution >= 4 is 33.3 Å². The summed E-state index contributed by atoms with van der Waals surface area (Å²) in [5.41, 5.74) is 2.39. The lowest BCUT2D eigenvalue weighted by atomic mass is 10.0. The molecule has 0 radical (unpaired) electrons. The van der Waals surface area contributed by atoms with Crippen LogP contribution < -0.4 is 9.21 Å². The van der Waals surface area contributed by atoms with E-state index in [2.05, 4.69) is 6.92 Å². The summed E-state index contributed by atoms with van der Waals surface area (Å²) in [6.45, 7) is 7.01. The molecule has 0 aromatic heterocycles. The highest BCUT2D eigenvalue weighted by molar-refractivity contribution is 7.94. The van der Waals surface area contributed by atoms with Crippen molar-refractivity contribution in [3.05, 3.63) is 53.6 Å². The normalized spacial score (nSPS) is 20.5. The molecule has 0 spiro atoms. The summed E-state index contributed by atoms with van der Waals surface area (Å²) in [6, 6.07) is 10.7. The van der Waals surface area contributed by atoms with Gasteiger partial charge in [-0.25, -0.2) is 13.2 Å². The van der Waals surface area contributed by atoms with Crippen LogP contribution in [0.4, 0.5) is 16.2 Å². The number of hydrogen-bond donors (Lipinski definition) is 0. The van der Waals surface area contributed by atoms with Gasteiger partial charge in [0.25, 0.3) is 10.0 Å². The van der Waals surface area contributed by atoms with E-state index in [0.29, 0.717) is 19.0 Å². The Bertz CT molecular complexity index is 1150. The number of rotatable bonds is 3. The van der Waals surface area contributed by atoms with E-state index in [-0.39, 0.29) is 28.7 Å². The zero-order valence-corrected chi connectivity index (χ0v) is 18.9. The molecular weight excluding hydrogens is 414 g/mol. The molecule has 2 aromatic carbocycles. The largest absolute Gasteiger partial charge is 0.343 e. The van der Waals surface area contributed by atoms with Crippen molar-refractivity contribution in [3.8, 4) is 0 Å². The van der Waals surface area contributed by atoms with Gasteiger partial charge in [0.2, 0.25) is 5.91 Å². The number of nitrogens with zero attached hydrogens (tertiary/aromatic N) is 3. The molecule has 3 amide bonds. The first kappa shape index (κ1) is 21.4. The number of hydrogen-bond acceptors (Lipinski definition) is 4. The molecule has 8 heteroatoms. The summed E-state index contributed by atoms with van der Waals surface area (Å²) in [5, 5.41) is 0. The van der Waals surface area contributed by atoms with Gasteiger partial charge in [0.1, 0.15) is 11.4 Å². The Labute approximate surface area is 183 Å². The molecule has 0 aliphatic carbocycles. The number of sulfonamides is 1. The zero-order valence-electron chi connectivity index (χ0n) is 18.0. The second-order valence-corrected chi connectivity index (χ2v) is 10.2. The molecule has 2 aliphatic rings. The van der Waals surface area contributed by atoms with Gasteiger partial charge in [-0.15, -0.1) is 0 Å². The molecule has 1 saturated heterocycles. The van der Waals surface area contributed by atoms with Gasteiger partial charge in [0, 0.05) is 13.1 Å². The minimum atomic E-state index is -4.10. The number of carbonyl (C=O) groups is 2. The van der Waals surface area contributed by atoms with Crippen LogP contribution in [0.25, 0.3) is 0 Å². The summed E-state index contributed by atoms with van der Waals surface area (Å²) in [5.74, 6) is 0.239. The maximum absolute atomic E-state index is 13.5. The molecule has 0 unspecified atom stereocenters. The van der Waals surface area contributed by atoms with Crippen molar-refractivity contribution in [1.82, 2.24) is 4.90 Å². The van der Waals surface area contributed by atoms with Crippen molar-refractivity contribution in [2.45, 2.75) is 38.5 Å². The van der Waals surface area contributed by atoms with Crippen molar-refractivity contribution < 1.29 is 18.0 Å². The molecule has 7 nitrogen and oxygen atoms in total. The number of piperidine rings is 1. The molecule has 2 heterocycles. The van der Waals surface area contributed by atoms with Crippen LogP contribution in [0.1, 0.15) is 30.9 Å². The predicted molar refractivity (Wildman–Crippen MR) is 120 cm³/mol. The molecule has 4 rings (SSSR count). The van der Waals surface area contributed by atoms with Crippen LogP contribution in [0.2, 0.25) is 0 Å². The number of benzene rings is 2. The van der Waals surface area contributed by atoms with E-state index in [9.17, 15) is 18.0 Å². The second kappa shape index (κ2) is 8.00. The maximum Gasteiger partial charge on any atom is 0.343 e. The summed E-state index contributed by atoms with van der Waals surface area (Å²) in [4.78, 5) is 29.6. The number of amides is 3. The number of aryl methyl sites for hydroxylation is 2. The molecule has 164 valence electrons. The van der Waals surface area contributed by atoms with E-state index in [1.54, 1.807) is 41.3 Å². The van der Waals surface area contributed by atoms with Gasteiger partial charge in [-0.1, -0.05) is 25.1 Å². The fourth-order valence-electron chi connectivity index (χ4n) is 4.22. The number of carbonyl (C=O) groups excluding carboxylic acids is 2. The lowest BCUT2D eigenvalue weighted by Gasteiger charge is -2.38. The highest BCUT2D eigenvalue weighted by Gasteiger charge is 2.43. The average Bonchev–Trinajstić information content (AvgIpc) is 2.73. The predicted octanol–water partition coefficient (Wildman–Crippen LogP) is 3.70. The van der Waals surface area contributed by atoms with Gasteiger partial charge >= 0.3 is 6.03 Å². The van der Waals surface area contributed by atoms with Crippen molar-refractivity contribution in [2.24, 2.45) is 5.92 Å². The molecular formula is C23H27N3O4S. The summed E-state index contributed by atoms with van der Waals surface area (Å²) in [7, 11) is -4.10. The topological polar surface area (TPSA) is 78.0 Å². The Morgan fingerprint density at radius 1 is 1.10 bits per heavy atom. The number of urea groups is 1. The highest BCUT2D eigenvalue weighted by atomic mass is 32.2. The third-order valence-electron chi connectivity index (χ3n) is 6.11. The maximum atomic E-state index is 13.5. The lowest BCUT2D eigenvalue weighted by molar-refractivity contribution is -0.131. The monoisotopic (exact) mass is 441 g/mol. The third kappa shape index (κ3) is 3.80. The first-order valence-corrected chi connectivity index (χ1v) is 11.9. The molecule has 2 aliphatic heterocycles. The smallest absolute Gasteiger partial charge is 0.341 e. The van der Waals surface area contributed by atoms with Crippen LogP contribution in [0.15, 0.2) is 47.4 Å². The molecule has 0 bridgehead atoms. The van der Waals surface area contributed by atoms with Crippen molar-refractivity contribution in [3.63, 3.8) is 0 Å². The Balaban J connectivity index is 1.75. The molecule has 0 N–H and O–H groups in total.